The van der Waals surface area contributed by atoms with E-state index < -0.39 is 0 Å². The number of benzene rings is 1. The molecule has 1 atom stereocenters. The topological polar surface area (TPSA) is 43.8 Å². The lowest BCUT2D eigenvalue weighted by molar-refractivity contribution is 0.617. The van der Waals surface area contributed by atoms with E-state index in [1.165, 1.54) is 11.1 Å². The van der Waals surface area contributed by atoms with Gasteiger partial charge < -0.3 is 5.73 Å². The van der Waals surface area contributed by atoms with Crippen molar-refractivity contribution in [2.24, 2.45) is 12.8 Å². The predicted octanol–water partition coefficient (Wildman–Crippen LogP) is 1.97. The summed E-state index contributed by atoms with van der Waals surface area (Å²) in [6.45, 7) is 2.10. The fourth-order valence-electron chi connectivity index (χ4n) is 1.95. The summed E-state index contributed by atoms with van der Waals surface area (Å²) in [4.78, 5) is 0. The largest absolute Gasteiger partial charge is 0.322 e. The van der Waals surface area contributed by atoms with Crippen molar-refractivity contribution in [3.05, 3.63) is 53.3 Å². The molecule has 2 N–H and O–H groups in total. The molecule has 3 heteroatoms. The van der Waals surface area contributed by atoms with E-state index >= 15 is 0 Å². The van der Waals surface area contributed by atoms with Crippen LogP contribution in [0.15, 0.2) is 36.5 Å². The van der Waals surface area contributed by atoms with Gasteiger partial charge in [0.15, 0.2) is 0 Å². The maximum absolute atomic E-state index is 6.16. The summed E-state index contributed by atoms with van der Waals surface area (Å²) in [7, 11) is 1.92. The highest BCUT2D eigenvalue weighted by Gasteiger charge is 2.10. The number of aromatic nitrogens is 2. The molecule has 2 rings (SSSR count). The molecule has 2 aromatic rings. The molecule has 1 unspecified atom stereocenters. The molecule has 0 saturated carbocycles. The zero-order valence-electron chi connectivity index (χ0n) is 9.72. The Bertz CT molecular complexity index is 474. The Hall–Kier alpha value is -1.61. The van der Waals surface area contributed by atoms with Gasteiger partial charge in [0.1, 0.15) is 0 Å². The molecule has 0 spiro atoms. The van der Waals surface area contributed by atoms with Gasteiger partial charge >= 0.3 is 0 Å². The summed E-state index contributed by atoms with van der Waals surface area (Å²) >= 11 is 0. The van der Waals surface area contributed by atoms with Crippen LogP contribution in [0.1, 0.15) is 22.9 Å². The second-order valence-corrected chi connectivity index (χ2v) is 4.18. The minimum Gasteiger partial charge on any atom is -0.322 e. The fourth-order valence-corrected chi connectivity index (χ4v) is 1.95. The average molecular weight is 215 g/mol. The second-order valence-electron chi connectivity index (χ2n) is 4.18. The van der Waals surface area contributed by atoms with Gasteiger partial charge in [-0.1, -0.05) is 29.8 Å². The highest BCUT2D eigenvalue weighted by molar-refractivity contribution is 5.24. The summed E-state index contributed by atoms with van der Waals surface area (Å²) in [6.07, 6.45) is 2.63. The van der Waals surface area contributed by atoms with Crippen LogP contribution in [0.4, 0.5) is 0 Å². The lowest BCUT2D eigenvalue weighted by Crippen LogP contribution is -2.17. The van der Waals surface area contributed by atoms with Crippen molar-refractivity contribution in [1.29, 1.82) is 0 Å². The van der Waals surface area contributed by atoms with Crippen LogP contribution in [0.3, 0.4) is 0 Å². The molecule has 0 aliphatic carbocycles. The summed E-state index contributed by atoms with van der Waals surface area (Å²) in [5.74, 6) is 0. The van der Waals surface area contributed by atoms with Gasteiger partial charge in [0.05, 0.1) is 11.7 Å². The number of aryl methyl sites for hydroxylation is 2. The van der Waals surface area contributed by atoms with E-state index in [1.807, 2.05) is 17.8 Å². The van der Waals surface area contributed by atoms with E-state index in [0.29, 0.717) is 0 Å². The summed E-state index contributed by atoms with van der Waals surface area (Å²) in [5.41, 5.74) is 9.78. The third-order valence-corrected chi connectivity index (χ3v) is 2.78. The number of hydrogen-bond acceptors (Lipinski definition) is 2. The summed E-state index contributed by atoms with van der Waals surface area (Å²) in [6, 6.07) is 10.4. The average Bonchev–Trinajstić information content (AvgIpc) is 2.64. The molecule has 3 nitrogen and oxygen atoms in total. The first-order chi connectivity index (χ1) is 7.66. The fraction of sp³-hybridized carbons (Fsp3) is 0.308. The molecule has 1 aromatic carbocycles. The van der Waals surface area contributed by atoms with Crippen LogP contribution in [0.2, 0.25) is 0 Å². The molecule has 0 saturated heterocycles. The van der Waals surface area contributed by atoms with Gasteiger partial charge in [-0.25, -0.2) is 0 Å². The molecule has 0 fully saturated rings. The van der Waals surface area contributed by atoms with E-state index in [-0.39, 0.29) is 6.04 Å². The molecule has 0 bridgehead atoms. The summed E-state index contributed by atoms with van der Waals surface area (Å²) < 4.78 is 1.83. The second kappa shape index (κ2) is 4.49. The first kappa shape index (κ1) is 10.9. The predicted molar refractivity (Wildman–Crippen MR) is 65.0 cm³/mol. The zero-order chi connectivity index (χ0) is 11.5. The highest BCUT2D eigenvalue weighted by atomic mass is 15.3. The standard InChI is InChI=1S/C13H17N3/c1-10-4-3-5-11(8-10)9-12(14)13-6-7-15-16(13)2/h3-8,12H,9,14H2,1-2H3. The number of hydrogen-bond donors (Lipinski definition) is 1. The lowest BCUT2D eigenvalue weighted by Gasteiger charge is -2.12. The maximum atomic E-state index is 6.16. The SMILES string of the molecule is Cc1cccc(CC(N)c2ccnn2C)c1. The van der Waals surface area contributed by atoms with Gasteiger partial charge in [0.2, 0.25) is 0 Å². The molecule has 16 heavy (non-hydrogen) atoms. The Labute approximate surface area is 95.9 Å². The molecule has 0 radical (unpaired) electrons. The van der Waals surface area contributed by atoms with Gasteiger partial charge in [-0.3, -0.25) is 4.68 Å². The number of nitrogens with two attached hydrogens (primary N) is 1. The monoisotopic (exact) mass is 215 g/mol. The number of rotatable bonds is 3. The maximum Gasteiger partial charge on any atom is 0.0551 e. The van der Waals surface area contributed by atoms with E-state index in [9.17, 15) is 0 Å². The van der Waals surface area contributed by atoms with Crippen molar-refractivity contribution in [3.63, 3.8) is 0 Å². The van der Waals surface area contributed by atoms with E-state index in [2.05, 4.69) is 36.3 Å². The van der Waals surface area contributed by atoms with Gasteiger partial charge in [0, 0.05) is 13.2 Å². The summed E-state index contributed by atoms with van der Waals surface area (Å²) in [5, 5.41) is 4.13. The zero-order valence-corrected chi connectivity index (χ0v) is 9.72. The minimum absolute atomic E-state index is 0.00861. The molecule has 84 valence electrons. The first-order valence-electron chi connectivity index (χ1n) is 5.46. The first-order valence-corrected chi connectivity index (χ1v) is 5.46. The van der Waals surface area contributed by atoms with Crippen molar-refractivity contribution in [3.8, 4) is 0 Å². The highest BCUT2D eigenvalue weighted by Crippen LogP contribution is 2.15. The van der Waals surface area contributed by atoms with Crippen LogP contribution >= 0.6 is 0 Å². The van der Waals surface area contributed by atoms with Crippen molar-refractivity contribution in [2.45, 2.75) is 19.4 Å². The van der Waals surface area contributed by atoms with Crippen molar-refractivity contribution in [2.75, 3.05) is 0 Å². The smallest absolute Gasteiger partial charge is 0.0551 e. The molecule has 0 aliphatic rings. The Morgan fingerprint density at radius 3 is 2.81 bits per heavy atom. The molecular weight excluding hydrogens is 198 g/mol. The normalized spacial score (nSPS) is 12.7. The van der Waals surface area contributed by atoms with Crippen LogP contribution in [0, 0.1) is 6.92 Å². The molecule has 1 aromatic heterocycles. The van der Waals surface area contributed by atoms with Gasteiger partial charge in [-0.05, 0) is 25.0 Å². The Balaban J connectivity index is 2.14. The van der Waals surface area contributed by atoms with Crippen LogP contribution < -0.4 is 5.73 Å². The van der Waals surface area contributed by atoms with Crippen LogP contribution in [0.5, 0.6) is 0 Å². The van der Waals surface area contributed by atoms with Gasteiger partial charge in [-0.15, -0.1) is 0 Å². The van der Waals surface area contributed by atoms with E-state index in [0.717, 1.165) is 12.1 Å². The van der Waals surface area contributed by atoms with Crippen molar-refractivity contribution >= 4 is 0 Å². The lowest BCUT2D eigenvalue weighted by atomic mass is 10.0. The third kappa shape index (κ3) is 2.31. The molecule has 1 heterocycles. The van der Waals surface area contributed by atoms with E-state index in [1.54, 1.807) is 6.20 Å². The van der Waals surface area contributed by atoms with Crippen molar-refractivity contribution < 1.29 is 0 Å². The van der Waals surface area contributed by atoms with Crippen molar-refractivity contribution in [1.82, 2.24) is 9.78 Å². The van der Waals surface area contributed by atoms with Gasteiger partial charge in [0.25, 0.3) is 0 Å². The molecular formula is C13H17N3. The van der Waals surface area contributed by atoms with Crippen LogP contribution in [0.25, 0.3) is 0 Å². The Kier molecular flexibility index (Phi) is 3.06. The Morgan fingerprint density at radius 1 is 1.38 bits per heavy atom. The Morgan fingerprint density at radius 2 is 2.19 bits per heavy atom. The molecule has 0 amide bonds. The van der Waals surface area contributed by atoms with Crippen LogP contribution in [-0.4, -0.2) is 9.78 Å². The quantitative estimate of drug-likeness (QED) is 0.850. The van der Waals surface area contributed by atoms with E-state index in [4.69, 9.17) is 5.73 Å². The minimum atomic E-state index is 0.00861. The molecule has 0 aliphatic heterocycles. The van der Waals surface area contributed by atoms with Gasteiger partial charge in [-0.2, -0.15) is 5.10 Å². The van der Waals surface area contributed by atoms with Crippen LogP contribution in [-0.2, 0) is 13.5 Å². The third-order valence-electron chi connectivity index (χ3n) is 2.78. The number of nitrogens with zero attached hydrogens (tertiary/aromatic N) is 2.